The molecule has 11 nitrogen and oxygen atoms in total. The number of nitrogens with one attached hydrogen (secondary N) is 2. The van der Waals surface area contributed by atoms with Gasteiger partial charge in [0, 0.05) is 17.5 Å². The summed E-state index contributed by atoms with van der Waals surface area (Å²) < 4.78 is 0.955. The van der Waals surface area contributed by atoms with E-state index in [9.17, 15) is 29.4 Å². The SMILES string of the molecule is NSc1ccc(CNC(=O)c2c(O)c(C(=O)NCC(=O)O)c(=O)n(C3CCCCC3)c2O)cc1. The van der Waals surface area contributed by atoms with Gasteiger partial charge in [-0.15, -0.1) is 0 Å². The van der Waals surface area contributed by atoms with Gasteiger partial charge in [0.2, 0.25) is 5.88 Å². The minimum atomic E-state index is -1.35. The average molecular weight is 491 g/mol. The van der Waals surface area contributed by atoms with Crippen molar-refractivity contribution < 1.29 is 29.7 Å². The topological polar surface area (TPSA) is 184 Å². The number of aromatic nitrogens is 1. The predicted molar refractivity (Wildman–Crippen MR) is 124 cm³/mol. The van der Waals surface area contributed by atoms with Crippen molar-refractivity contribution in [2.24, 2.45) is 5.14 Å². The van der Waals surface area contributed by atoms with Crippen LogP contribution < -0.4 is 21.3 Å². The summed E-state index contributed by atoms with van der Waals surface area (Å²) in [6.45, 7) is -0.753. The van der Waals surface area contributed by atoms with Gasteiger partial charge in [0.1, 0.15) is 17.7 Å². The number of amides is 2. The number of carboxylic acids is 1. The summed E-state index contributed by atoms with van der Waals surface area (Å²) in [6, 6.07) is 6.52. The third kappa shape index (κ3) is 5.51. The fourth-order valence-electron chi connectivity index (χ4n) is 3.96. The summed E-state index contributed by atoms with van der Waals surface area (Å²) in [6.07, 6.45) is 3.61. The summed E-state index contributed by atoms with van der Waals surface area (Å²) >= 11 is 1.07. The number of carbonyl (C=O) groups is 3. The van der Waals surface area contributed by atoms with E-state index in [1.165, 1.54) is 0 Å². The Balaban J connectivity index is 2.00. The molecule has 1 aromatic carbocycles. The number of rotatable bonds is 8. The molecule has 0 saturated heterocycles. The first-order valence-corrected chi connectivity index (χ1v) is 11.6. The van der Waals surface area contributed by atoms with Crippen LogP contribution in [0.15, 0.2) is 34.0 Å². The van der Waals surface area contributed by atoms with Crippen LogP contribution in [0.25, 0.3) is 0 Å². The summed E-state index contributed by atoms with van der Waals surface area (Å²) in [5.41, 5.74) is -1.69. The number of nitrogens with zero attached hydrogens (tertiary/aromatic N) is 1. The lowest BCUT2D eigenvalue weighted by Crippen LogP contribution is -2.38. The second-order valence-electron chi connectivity index (χ2n) is 7.91. The minimum absolute atomic E-state index is 0.0380. The monoisotopic (exact) mass is 490 g/mol. The molecule has 1 aliphatic rings. The van der Waals surface area contributed by atoms with Gasteiger partial charge in [-0.1, -0.05) is 31.4 Å². The van der Waals surface area contributed by atoms with Crippen LogP contribution in [0.5, 0.6) is 11.6 Å². The van der Waals surface area contributed by atoms with Gasteiger partial charge in [-0.3, -0.25) is 28.9 Å². The van der Waals surface area contributed by atoms with Crippen LogP contribution in [0, 0.1) is 0 Å². The van der Waals surface area contributed by atoms with Crippen molar-refractivity contribution in [2.45, 2.75) is 49.6 Å². The molecule has 1 aliphatic carbocycles. The molecule has 0 spiro atoms. The molecule has 182 valence electrons. The van der Waals surface area contributed by atoms with Crippen LogP contribution >= 0.6 is 11.9 Å². The van der Waals surface area contributed by atoms with E-state index in [-0.39, 0.29) is 6.54 Å². The highest BCUT2D eigenvalue weighted by Gasteiger charge is 2.32. The largest absolute Gasteiger partial charge is 0.506 e. The van der Waals surface area contributed by atoms with Crippen LogP contribution in [-0.4, -0.2) is 44.2 Å². The normalized spacial score (nSPS) is 13.9. The highest BCUT2D eigenvalue weighted by atomic mass is 32.2. The molecular weight excluding hydrogens is 464 g/mol. The van der Waals surface area contributed by atoms with E-state index < -0.39 is 58.7 Å². The molecule has 3 rings (SSSR count). The van der Waals surface area contributed by atoms with E-state index >= 15 is 0 Å². The maximum absolute atomic E-state index is 13.1. The average Bonchev–Trinajstić information content (AvgIpc) is 2.82. The molecule has 0 aliphatic heterocycles. The van der Waals surface area contributed by atoms with Gasteiger partial charge in [-0.05, 0) is 42.5 Å². The Morgan fingerprint density at radius 2 is 1.62 bits per heavy atom. The number of hydrogen-bond acceptors (Lipinski definition) is 8. The zero-order chi connectivity index (χ0) is 24.8. The molecule has 2 amide bonds. The van der Waals surface area contributed by atoms with Crippen LogP contribution in [0.1, 0.15) is 64.4 Å². The summed E-state index contributed by atoms with van der Waals surface area (Å²) in [5.74, 6) is -5.15. The van der Waals surface area contributed by atoms with Crippen molar-refractivity contribution >= 4 is 29.7 Å². The second kappa shape index (κ2) is 11.1. The van der Waals surface area contributed by atoms with Crippen molar-refractivity contribution in [3.63, 3.8) is 0 Å². The molecule has 0 atom stereocenters. The highest BCUT2D eigenvalue weighted by molar-refractivity contribution is 7.97. The molecule has 0 radical (unpaired) electrons. The standard InChI is InChI=1S/C22H26N4O7S/c23-34-14-8-6-12(7-9-14)10-24-19(30)16-18(29)17(20(31)25-11-15(27)28)22(33)26(21(16)32)13-4-2-1-3-5-13/h6-9,13,29,32H,1-5,10-11,23H2,(H,24,30)(H,25,31)(H,27,28). The number of carboxylic acid groups (broad SMARTS) is 1. The number of hydrogen-bond donors (Lipinski definition) is 6. The molecule has 0 bridgehead atoms. The van der Waals surface area contributed by atoms with E-state index in [2.05, 4.69) is 5.32 Å². The number of aliphatic carboxylic acids is 1. The number of nitrogens with two attached hydrogens (primary N) is 1. The van der Waals surface area contributed by atoms with E-state index in [0.717, 1.165) is 40.7 Å². The molecule has 1 aromatic heterocycles. The summed E-state index contributed by atoms with van der Waals surface area (Å²) in [4.78, 5) is 50.3. The number of pyridine rings is 1. The van der Waals surface area contributed by atoms with Gasteiger partial charge in [0.05, 0.1) is 0 Å². The Morgan fingerprint density at radius 3 is 2.21 bits per heavy atom. The molecule has 7 N–H and O–H groups in total. The fraction of sp³-hybridized carbons (Fsp3) is 0.364. The van der Waals surface area contributed by atoms with Crippen molar-refractivity contribution in [2.75, 3.05) is 6.54 Å². The lowest BCUT2D eigenvalue weighted by atomic mass is 9.94. The quantitative estimate of drug-likeness (QED) is 0.298. The first-order valence-electron chi connectivity index (χ1n) is 10.7. The molecular formula is C22H26N4O7S. The van der Waals surface area contributed by atoms with E-state index in [0.29, 0.717) is 18.4 Å². The number of aromatic hydroxyl groups is 2. The summed E-state index contributed by atoms with van der Waals surface area (Å²) in [5, 5.41) is 40.5. The molecule has 2 aromatic rings. The molecule has 0 unspecified atom stereocenters. The van der Waals surface area contributed by atoms with Crippen LogP contribution in [-0.2, 0) is 11.3 Å². The Hall–Kier alpha value is -3.51. The highest BCUT2D eigenvalue weighted by Crippen LogP contribution is 2.35. The Bertz CT molecular complexity index is 1140. The van der Waals surface area contributed by atoms with Gasteiger partial charge in [0.15, 0.2) is 5.75 Å². The van der Waals surface area contributed by atoms with Gasteiger partial charge in [0.25, 0.3) is 17.4 Å². The number of carbonyl (C=O) groups excluding carboxylic acids is 2. The second-order valence-corrected chi connectivity index (χ2v) is 8.62. The lowest BCUT2D eigenvalue weighted by Gasteiger charge is -2.26. The van der Waals surface area contributed by atoms with Gasteiger partial charge in [-0.25, -0.2) is 0 Å². The van der Waals surface area contributed by atoms with E-state index in [1.807, 2.05) is 5.32 Å². The maximum Gasteiger partial charge on any atom is 0.322 e. The van der Waals surface area contributed by atoms with Crippen molar-refractivity contribution in [3.8, 4) is 11.6 Å². The minimum Gasteiger partial charge on any atom is -0.506 e. The molecule has 1 heterocycles. The molecule has 34 heavy (non-hydrogen) atoms. The van der Waals surface area contributed by atoms with Crippen molar-refractivity contribution in [1.29, 1.82) is 0 Å². The van der Waals surface area contributed by atoms with Gasteiger partial charge < -0.3 is 26.0 Å². The molecule has 1 saturated carbocycles. The first kappa shape index (κ1) is 25.1. The summed E-state index contributed by atoms with van der Waals surface area (Å²) in [7, 11) is 0. The van der Waals surface area contributed by atoms with E-state index in [4.69, 9.17) is 10.2 Å². The van der Waals surface area contributed by atoms with Crippen LogP contribution in [0.4, 0.5) is 0 Å². The van der Waals surface area contributed by atoms with Crippen molar-refractivity contribution in [1.82, 2.24) is 15.2 Å². The van der Waals surface area contributed by atoms with Crippen molar-refractivity contribution in [3.05, 3.63) is 51.3 Å². The van der Waals surface area contributed by atoms with Crippen LogP contribution in [0.2, 0.25) is 0 Å². The third-order valence-electron chi connectivity index (χ3n) is 5.66. The number of benzene rings is 1. The zero-order valence-corrected chi connectivity index (χ0v) is 19.1. The fourth-order valence-corrected chi connectivity index (χ4v) is 4.26. The Labute approximate surface area is 199 Å². The van der Waals surface area contributed by atoms with Crippen LogP contribution in [0.3, 0.4) is 0 Å². The first-order chi connectivity index (χ1) is 16.2. The predicted octanol–water partition coefficient (Wildman–Crippen LogP) is 1.47. The lowest BCUT2D eigenvalue weighted by molar-refractivity contribution is -0.135. The van der Waals surface area contributed by atoms with E-state index in [1.54, 1.807) is 24.3 Å². The Kier molecular flexibility index (Phi) is 8.18. The smallest absolute Gasteiger partial charge is 0.322 e. The molecule has 12 heteroatoms. The van der Waals surface area contributed by atoms with Gasteiger partial charge >= 0.3 is 5.97 Å². The van der Waals surface area contributed by atoms with Gasteiger partial charge in [-0.2, -0.15) is 0 Å². The third-order valence-corrected chi connectivity index (χ3v) is 6.21. The zero-order valence-electron chi connectivity index (χ0n) is 18.2. The molecule has 1 fully saturated rings. The Morgan fingerprint density at radius 1 is 1.00 bits per heavy atom. The maximum atomic E-state index is 13.1.